The summed E-state index contributed by atoms with van der Waals surface area (Å²) in [5, 5.41) is 5.00. The third-order valence-electron chi connectivity index (χ3n) is 5.53. The number of benzene rings is 3. The predicted molar refractivity (Wildman–Crippen MR) is 114 cm³/mol. The number of hydrogen-bond donors (Lipinski definition) is 1. The van der Waals surface area contributed by atoms with Gasteiger partial charge in [0.15, 0.2) is 0 Å². The molecule has 1 aliphatic heterocycles. The first-order valence-corrected chi connectivity index (χ1v) is 9.87. The quantitative estimate of drug-likeness (QED) is 0.723. The predicted octanol–water partition coefficient (Wildman–Crippen LogP) is 4.34. The van der Waals surface area contributed by atoms with Crippen LogP contribution >= 0.6 is 0 Å². The third kappa shape index (κ3) is 4.09. The van der Waals surface area contributed by atoms with Gasteiger partial charge in [-0.15, -0.1) is 0 Å². The number of carbonyl (C=O) groups is 2. The van der Waals surface area contributed by atoms with Crippen molar-refractivity contribution in [3.63, 3.8) is 0 Å². The van der Waals surface area contributed by atoms with Gasteiger partial charge in [0.1, 0.15) is 5.75 Å². The van der Waals surface area contributed by atoms with Crippen molar-refractivity contribution in [1.82, 2.24) is 4.90 Å². The molecule has 3 aromatic carbocycles. The molecule has 148 valence electrons. The van der Waals surface area contributed by atoms with E-state index in [4.69, 9.17) is 4.74 Å². The zero-order chi connectivity index (χ0) is 20.2. The van der Waals surface area contributed by atoms with Crippen LogP contribution in [0.2, 0.25) is 0 Å². The second-order valence-corrected chi connectivity index (χ2v) is 7.31. The average Bonchev–Trinajstić information content (AvgIpc) is 2.79. The number of carbonyl (C=O) groups excluding carboxylic acids is 2. The topological polar surface area (TPSA) is 58.6 Å². The second-order valence-electron chi connectivity index (χ2n) is 7.31. The third-order valence-corrected chi connectivity index (χ3v) is 5.53. The van der Waals surface area contributed by atoms with Crippen molar-refractivity contribution in [3.05, 3.63) is 72.3 Å². The van der Waals surface area contributed by atoms with Crippen LogP contribution in [0.1, 0.15) is 23.2 Å². The van der Waals surface area contributed by atoms with Gasteiger partial charge in [-0.1, -0.05) is 36.4 Å². The van der Waals surface area contributed by atoms with Crippen LogP contribution in [0.4, 0.5) is 5.69 Å². The first-order valence-electron chi connectivity index (χ1n) is 9.87. The van der Waals surface area contributed by atoms with E-state index < -0.39 is 0 Å². The molecule has 0 aromatic heterocycles. The number of amides is 2. The van der Waals surface area contributed by atoms with Crippen LogP contribution in [0.5, 0.6) is 5.75 Å². The van der Waals surface area contributed by atoms with E-state index in [1.165, 1.54) is 0 Å². The molecule has 0 saturated carbocycles. The number of hydrogen-bond acceptors (Lipinski definition) is 3. The second kappa shape index (κ2) is 8.35. The summed E-state index contributed by atoms with van der Waals surface area (Å²) in [7, 11) is 1.61. The van der Waals surface area contributed by atoms with Crippen LogP contribution in [0, 0.1) is 5.92 Å². The molecular formula is C24H24N2O3. The van der Waals surface area contributed by atoms with Crippen molar-refractivity contribution in [2.45, 2.75) is 12.8 Å². The molecule has 1 aliphatic rings. The van der Waals surface area contributed by atoms with Crippen LogP contribution in [-0.4, -0.2) is 36.9 Å². The Morgan fingerprint density at radius 1 is 0.931 bits per heavy atom. The minimum absolute atomic E-state index is 0.00688. The molecule has 0 spiro atoms. The Hall–Kier alpha value is -3.34. The fourth-order valence-electron chi connectivity index (χ4n) is 3.85. The molecule has 0 unspecified atom stereocenters. The van der Waals surface area contributed by atoms with E-state index in [-0.39, 0.29) is 17.7 Å². The molecule has 1 N–H and O–H groups in total. The van der Waals surface area contributed by atoms with Crippen molar-refractivity contribution < 1.29 is 14.3 Å². The molecule has 1 heterocycles. The largest absolute Gasteiger partial charge is 0.497 e. The van der Waals surface area contributed by atoms with E-state index in [0.717, 1.165) is 27.8 Å². The lowest BCUT2D eigenvalue weighted by molar-refractivity contribution is -0.121. The lowest BCUT2D eigenvalue weighted by atomic mass is 9.94. The fraction of sp³-hybridized carbons (Fsp3) is 0.250. The van der Waals surface area contributed by atoms with Gasteiger partial charge >= 0.3 is 0 Å². The molecule has 0 bridgehead atoms. The highest BCUT2D eigenvalue weighted by atomic mass is 16.5. The van der Waals surface area contributed by atoms with Gasteiger partial charge in [-0.2, -0.15) is 0 Å². The Balaban J connectivity index is 1.38. The minimum atomic E-state index is -0.0892. The lowest BCUT2D eigenvalue weighted by Crippen LogP contribution is -2.41. The number of nitrogens with zero attached hydrogens (tertiary/aromatic N) is 1. The molecule has 0 atom stereocenters. The van der Waals surface area contributed by atoms with Gasteiger partial charge in [0.2, 0.25) is 5.91 Å². The number of methoxy groups -OCH3 is 1. The van der Waals surface area contributed by atoms with Crippen LogP contribution in [0.25, 0.3) is 10.8 Å². The maximum absolute atomic E-state index is 13.1. The molecule has 2 amide bonds. The van der Waals surface area contributed by atoms with Gasteiger partial charge in [0, 0.05) is 30.3 Å². The minimum Gasteiger partial charge on any atom is -0.497 e. The van der Waals surface area contributed by atoms with Crippen molar-refractivity contribution in [2.24, 2.45) is 5.92 Å². The van der Waals surface area contributed by atoms with Gasteiger partial charge in [0.05, 0.1) is 7.11 Å². The summed E-state index contributed by atoms with van der Waals surface area (Å²) in [4.78, 5) is 27.5. The van der Waals surface area contributed by atoms with E-state index in [0.29, 0.717) is 25.9 Å². The monoisotopic (exact) mass is 388 g/mol. The molecule has 5 nitrogen and oxygen atoms in total. The molecule has 4 rings (SSSR count). The number of ether oxygens (including phenoxy) is 1. The number of fused-ring (bicyclic) bond motifs is 1. The standard InChI is InChI=1S/C24H24N2O3/c1-29-20-11-9-19(10-12-20)25-23(27)18-13-15-26(16-14-18)24(28)22-8-4-6-17-5-2-3-7-21(17)22/h2-12,18H,13-16H2,1H3,(H,25,27). The Morgan fingerprint density at radius 3 is 2.34 bits per heavy atom. The zero-order valence-corrected chi connectivity index (χ0v) is 16.4. The van der Waals surface area contributed by atoms with E-state index in [2.05, 4.69) is 5.32 Å². The molecule has 3 aromatic rings. The fourth-order valence-corrected chi connectivity index (χ4v) is 3.85. The summed E-state index contributed by atoms with van der Waals surface area (Å²) >= 11 is 0. The highest BCUT2D eigenvalue weighted by molar-refractivity contribution is 6.07. The SMILES string of the molecule is COc1ccc(NC(=O)C2CCN(C(=O)c3cccc4ccccc34)CC2)cc1. The summed E-state index contributed by atoms with van der Waals surface area (Å²) < 4.78 is 5.14. The zero-order valence-electron chi connectivity index (χ0n) is 16.4. The summed E-state index contributed by atoms with van der Waals surface area (Å²) in [5.41, 5.74) is 1.48. The number of nitrogens with one attached hydrogen (secondary N) is 1. The molecule has 0 radical (unpaired) electrons. The van der Waals surface area contributed by atoms with Gasteiger partial charge in [-0.3, -0.25) is 9.59 Å². The normalized spacial score (nSPS) is 14.6. The van der Waals surface area contributed by atoms with Crippen LogP contribution in [-0.2, 0) is 4.79 Å². The summed E-state index contributed by atoms with van der Waals surface area (Å²) in [6.45, 7) is 1.17. The van der Waals surface area contributed by atoms with Gasteiger partial charge < -0.3 is 15.0 Å². The molecule has 29 heavy (non-hydrogen) atoms. The molecular weight excluding hydrogens is 364 g/mol. The van der Waals surface area contributed by atoms with Crippen molar-refractivity contribution in [3.8, 4) is 5.75 Å². The van der Waals surface area contributed by atoms with Crippen molar-refractivity contribution in [1.29, 1.82) is 0 Å². The summed E-state index contributed by atoms with van der Waals surface area (Å²) in [6, 6.07) is 21.0. The molecule has 0 aliphatic carbocycles. The first-order chi connectivity index (χ1) is 14.2. The maximum atomic E-state index is 13.1. The highest BCUT2D eigenvalue weighted by Gasteiger charge is 2.28. The van der Waals surface area contributed by atoms with E-state index >= 15 is 0 Å². The van der Waals surface area contributed by atoms with Crippen molar-refractivity contribution >= 4 is 28.3 Å². The number of piperidine rings is 1. The average molecular weight is 388 g/mol. The van der Waals surface area contributed by atoms with Gasteiger partial charge in [-0.25, -0.2) is 0 Å². The Kier molecular flexibility index (Phi) is 5.47. The lowest BCUT2D eigenvalue weighted by Gasteiger charge is -2.31. The summed E-state index contributed by atoms with van der Waals surface area (Å²) in [5.74, 6) is 0.708. The summed E-state index contributed by atoms with van der Waals surface area (Å²) in [6.07, 6.45) is 1.33. The number of rotatable bonds is 4. The van der Waals surface area contributed by atoms with Crippen LogP contribution in [0.15, 0.2) is 66.7 Å². The number of anilines is 1. The molecule has 1 fully saturated rings. The Labute approximate surface area is 170 Å². The Morgan fingerprint density at radius 2 is 1.62 bits per heavy atom. The van der Waals surface area contributed by atoms with Gasteiger partial charge in [0.25, 0.3) is 5.91 Å². The molecule has 1 saturated heterocycles. The van der Waals surface area contributed by atoms with Gasteiger partial charge in [-0.05, 0) is 53.9 Å². The maximum Gasteiger partial charge on any atom is 0.254 e. The van der Waals surface area contributed by atoms with Crippen LogP contribution in [0.3, 0.4) is 0 Å². The van der Waals surface area contributed by atoms with Crippen molar-refractivity contribution in [2.75, 3.05) is 25.5 Å². The van der Waals surface area contributed by atoms with E-state index in [1.807, 2.05) is 71.6 Å². The first kappa shape index (κ1) is 19.0. The van der Waals surface area contributed by atoms with E-state index in [1.54, 1.807) is 7.11 Å². The smallest absolute Gasteiger partial charge is 0.254 e. The number of likely N-dealkylation sites (tertiary alicyclic amines) is 1. The van der Waals surface area contributed by atoms with E-state index in [9.17, 15) is 9.59 Å². The molecule has 5 heteroatoms. The van der Waals surface area contributed by atoms with Crippen LogP contribution < -0.4 is 10.1 Å². The highest BCUT2D eigenvalue weighted by Crippen LogP contribution is 2.25. The Bertz CT molecular complexity index is 1020.